The fourth-order valence-electron chi connectivity index (χ4n) is 2.19. The number of hydrogen-bond acceptors (Lipinski definition) is 4. The van der Waals surface area contributed by atoms with Gasteiger partial charge in [-0.15, -0.1) is 0 Å². The monoisotopic (exact) mass is 340 g/mol. The number of nitrogens with zero attached hydrogens (tertiary/aromatic N) is 1. The molecular weight excluding hydrogens is 316 g/mol. The first-order valence-corrected chi connectivity index (χ1v) is 9.22. The molecule has 1 saturated carbocycles. The van der Waals surface area contributed by atoms with Crippen LogP contribution in [0.25, 0.3) is 0 Å². The molecule has 0 spiro atoms. The number of amides is 1. The highest BCUT2D eigenvalue weighted by atomic mass is 32.2. The smallest absolute Gasteiger partial charge is 0.243 e. The van der Waals surface area contributed by atoms with E-state index < -0.39 is 10.0 Å². The van der Waals surface area contributed by atoms with E-state index >= 15 is 0 Å². The summed E-state index contributed by atoms with van der Waals surface area (Å²) >= 11 is 0. The molecule has 1 fully saturated rings. The molecule has 0 saturated heterocycles. The molecule has 1 aromatic rings. The maximum atomic E-state index is 12.8. The van der Waals surface area contributed by atoms with E-state index in [9.17, 15) is 13.2 Å². The van der Waals surface area contributed by atoms with Crippen LogP contribution in [0.3, 0.4) is 0 Å². The largest absolute Gasteiger partial charge is 0.385 e. The topological polar surface area (TPSA) is 75.7 Å². The van der Waals surface area contributed by atoms with Crippen molar-refractivity contribution in [2.75, 3.05) is 26.8 Å². The number of sulfonamides is 1. The summed E-state index contributed by atoms with van der Waals surface area (Å²) in [6.45, 7) is 2.44. The van der Waals surface area contributed by atoms with E-state index in [4.69, 9.17) is 4.74 Å². The number of benzene rings is 1. The van der Waals surface area contributed by atoms with E-state index in [1.54, 1.807) is 31.4 Å². The molecule has 6 nitrogen and oxygen atoms in total. The number of methoxy groups -OCH3 is 1. The van der Waals surface area contributed by atoms with Gasteiger partial charge in [-0.05, 0) is 38.3 Å². The van der Waals surface area contributed by atoms with E-state index in [0.29, 0.717) is 13.0 Å². The summed E-state index contributed by atoms with van der Waals surface area (Å²) in [7, 11) is -2.12. The van der Waals surface area contributed by atoms with Crippen molar-refractivity contribution >= 4 is 15.9 Å². The van der Waals surface area contributed by atoms with Crippen LogP contribution < -0.4 is 5.32 Å². The molecule has 128 valence electrons. The van der Waals surface area contributed by atoms with Gasteiger partial charge in [0.05, 0.1) is 11.4 Å². The number of aryl methyl sites for hydroxylation is 1. The molecule has 0 atom stereocenters. The normalized spacial score (nSPS) is 14.9. The van der Waals surface area contributed by atoms with Gasteiger partial charge in [-0.2, -0.15) is 4.31 Å². The molecule has 0 aliphatic heterocycles. The fraction of sp³-hybridized carbons (Fsp3) is 0.562. The third kappa shape index (κ3) is 5.30. The summed E-state index contributed by atoms with van der Waals surface area (Å²) < 4.78 is 31.8. The van der Waals surface area contributed by atoms with E-state index in [1.807, 2.05) is 6.92 Å². The Morgan fingerprint density at radius 3 is 2.52 bits per heavy atom. The average Bonchev–Trinajstić information content (AvgIpc) is 3.30. The Morgan fingerprint density at radius 1 is 1.30 bits per heavy atom. The van der Waals surface area contributed by atoms with Crippen LogP contribution in [0.15, 0.2) is 29.2 Å². The van der Waals surface area contributed by atoms with Gasteiger partial charge in [-0.25, -0.2) is 8.42 Å². The Balaban J connectivity index is 2.12. The van der Waals surface area contributed by atoms with Crippen molar-refractivity contribution < 1.29 is 17.9 Å². The number of carbonyl (C=O) groups excluding carboxylic acids is 1. The molecule has 2 rings (SSSR count). The Kier molecular flexibility index (Phi) is 6.15. The second-order valence-electron chi connectivity index (χ2n) is 5.84. The molecule has 1 aromatic carbocycles. The van der Waals surface area contributed by atoms with Gasteiger partial charge in [0.25, 0.3) is 0 Å². The SMILES string of the molecule is COCCCN(CC(=O)NC1CC1)S(=O)(=O)c1ccc(C)cc1. The zero-order chi connectivity index (χ0) is 16.9. The molecule has 1 aliphatic rings. The third-order valence-electron chi connectivity index (χ3n) is 3.68. The highest BCUT2D eigenvalue weighted by Gasteiger charge is 2.29. The van der Waals surface area contributed by atoms with Gasteiger partial charge in [0.2, 0.25) is 15.9 Å². The first-order chi connectivity index (χ1) is 10.9. The molecule has 0 aromatic heterocycles. The first kappa shape index (κ1) is 17.9. The van der Waals surface area contributed by atoms with Crippen molar-refractivity contribution in [1.29, 1.82) is 0 Å². The number of hydrogen-bond donors (Lipinski definition) is 1. The second kappa shape index (κ2) is 7.90. The van der Waals surface area contributed by atoms with Crippen molar-refractivity contribution in [2.24, 2.45) is 0 Å². The van der Waals surface area contributed by atoms with E-state index in [0.717, 1.165) is 18.4 Å². The minimum absolute atomic E-state index is 0.156. The maximum Gasteiger partial charge on any atom is 0.243 e. The number of rotatable bonds is 9. The predicted molar refractivity (Wildman–Crippen MR) is 87.6 cm³/mol. The van der Waals surface area contributed by atoms with Crippen molar-refractivity contribution in [1.82, 2.24) is 9.62 Å². The van der Waals surface area contributed by atoms with Crippen LogP contribution in [0, 0.1) is 6.92 Å². The molecule has 0 heterocycles. The van der Waals surface area contributed by atoms with Crippen LogP contribution in [0.4, 0.5) is 0 Å². The van der Waals surface area contributed by atoms with Gasteiger partial charge >= 0.3 is 0 Å². The van der Waals surface area contributed by atoms with Gasteiger partial charge in [0.15, 0.2) is 0 Å². The highest BCUT2D eigenvalue weighted by molar-refractivity contribution is 7.89. The number of carbonyl (C=O) groups is 1. The molecule has 23 heavy (non-hydrogen) atoms. The Bertz CT molecular complexity index is 624. The fourth-order valence-corrected chi connectivity index (χ4v) is 3.62. The summed E-state index contributed by atoms with van der Waals surface area (Å²) in [4.78, 5) is 12.2. The Morgan fingerprint density at radius 2 is 1.96 bits per heavy atom. The molecule has 0 bridgehead atoms. The van der Waals surface area contributed by atoms with Crippen molar-refractivity contribution in [2.45, 2.75) is 37.1 Å². The molecular formula is C16H24N2O4S. The van der Waals surface area contributed by atoms with Crippen LogP contribution in [0.5, 0.6) is 0 Å². The predicted octanol–water partition coefficient (Wildman–Crippen LogP) is 1.30. The van der Waals surface area contributed by atoms with Crippen LogP contribution in [0.1, 0.15) is 24.8 Å². The molecule has 0 radical (unpaired) electrons. The summed E-state index contributed by atoms with van der Waals surface area (Å²) in [5, 5.41) is 2.83. The van der Waals surface area contributed by atoms with Crippen molar-refractivity contribution in [3.05, 3.63) is 29.8 Å². The second-order valence-corrected chi connectivity index (χ2v) is 7.78. The van der Waals surface area contributed by atoms with Gasteiger partial charge in [0.1, 0.15) is 0 Å². The molecule has 1 N–H and O–H groups in total. The van der Waals surface area contributed by atoms with E-state index in [1.165, 1.54) is 4.31 Å². The lowest BCUT2D eigenvalue weighted by Crippen LogP contribution is -2.42. The molecule has 0 unspecified atom stereocenters. The van der Waals surface area contributed by atoms with Gasteiger partial charge in [-0.3, -0.25) is 4.79 Å². The summed E-state index contributed by atoms with van der Waals surface area (Å²) in [5.74, 6) is -0.249. The molecule has 1 amide bonds. The highest BCUT2D eigenvalue weighted by Crippen LogP contribution is 2.20. The van der Waals surface area contributed by atoms with Gasteiger partial charge < -0.3 is 10.1 Å². The summed E-state index contributed by atoms with van der Waals surface area (Å²) in [6.07, 6.45) is 2.48. The summed E-state index contributed by atoms with van der Waals surface area (Å²) in [6, 6.07) is 6.87. The average molecular weight is 340 g/mol. The molecule has 7 heteroatoms. The van der Waals surface area contributed by atoms with Gasteiger partial charge in [0, 0.05) is 26.3 Å². The Hall–Kier alpha value is -1.44. The maximum absolute atomic E-state index is 12.8. The van der Waals surface area contributed by atoms with Crippen molar-refractivity contribution in [3.8, 4) is 0 Å². The minimum atomic E-state index is -3.69. The van der Waals surface area contributed by atoms with Crippen molar-refractivity contribution in [3.63, 3.8) is 0 Å². The summed E-state index contributed by atoms with van der Waals surface area (Å²) in [5.41, 5.74) is 0.987. The minimum Gasteiger partial charge on any atom is -0.385 e. The number of ether oxygens (including phenoxy) is 1. The van der Waals surface area contributed by atoms with Crippen LogP contribution in [-0.4, -0.2) is 51.5 Å². The standard InChI is InChI=1S/C16H24N2O4S/c1-13-4-8-15(9-5-13)23(20,21)18(10-3-11-22-2)12-16(19)17-14-6-7-14/h4-5,8-9,14H,3,6-7,10-12H2,1-2H3,(H,17,19). The number of nitrogens with one attached hydrogen (secondary N) is 1. The zero-order valence-electron chi connectivity index (χ0n) is 13.6. The van der Waals surface area contributed by atoms with E-state index in [-0.39, 0.29) is 29.9 Å². The van der Waals surface area contributed by atoms with Crippen LogP contribution in [-0.2, 0) is 19.6 Å². The quantitative estimate of drug-likeness (QED) is 0.688. The lowest BCUT2D eigenvalue weighted by Gasteiger charge is -2.21. The van der Waals surface area contributed by atoms with Crippen LogP contribution in [0.2, 0.25) is 0 Å². The van der Waals surface area contributed by atoms with E-state index in [2.05, 4.69) is 5.32 Å². The third-order valence-corrected chi connectivity index (χ3v) is 5.54. The van der Waals surface area contributed by atoms with Crippen LogP contribution >= 0.6 is 0 Å². The Labute approximate surface area is 137 Å². The van der Waals surface area contributed by atoms with Gasteiger partial charge in [-0.1, -0.05) is 17.7 Å². The first-order valence-electron chi connectivity index (χ1n) is 7.78. The lowest BCUT2D eigenvalue weighted by atomic mass is 10.2. The zero-order valence-corrected chi connectivity index (χ0v) is 14.4. The molecule has 1 aliphatic carbocycles. The lowest BCUT2D eigenvalue weighted by molar-refractivity contribution is -0.121.